The average molecular weight is 629 g/mol. The van der Waals surface area contributed by atoms with Crippen LogP contribution >= 0.6 is 0 Å². The van der Waals surface area contributed by atoms with E-state index in [9.17, 15) is 28.0 Å². The minimum atomic E-state index is -1.06. The molecule has 5 rings (SSSR count). The number of halogens is 2. The lowest BCUT2D eigenvalue weighted by Crippen LogP contribution is -2.50. The van der Waals surface area contributed by atoms with Gasteiger partial charge >= 0.3 is 0 Å². The van der Waals surface area contributed by atoms with E-state index in [2.05, 4.69) is 25.9 Å². The van der Waals surface area contributed by atoms with Crippen molar-refractivity contribution in [3.63, 3.8) is 0 Å². The topological polar surface area (TPSA) is 136 Å². The second-order valence-electron chi connectivity index (χ2n) is 11.2. The number of nitrogens with one attached hydrogen (secondary N) is 4. The molecule has 12 heteroatoms. The number of aryl methyl sites for hydroxylation is 2. The lowest BCUT2D eigenvalue weighted by molar-refractivity contribution is -0.123. The first-order valence-corrected chi connectivity index (χ1v) is 14.9. The molecule has 2 bridgehead atoms. The first kappa shape index (κ1) is 32.0. The molecule has 4 aromatic rings. The van der Waals surface area contributed by atoms with Gasteiger partial charge in [0, 0.05) is 24.3 Å². The molecule has 1 aromatic heterocycles. The predicted octanol–water partition coefficient (Wildman–Crippen LogP) is 3.84. The minimum absolute atomic E-state index is 0.0677. The van der Waals surface area contributed by atoms with Crippen LogP contribution in [0.15, 0.2) is 72.8 Å². The molecule has 1 aliphatic heterocycles. The van der Waals surface area contributed by atoms with Gasteiger partial charge in [0.1, 0.15) is 29.2 Å². The van der Waals surface area contributed by atoms with Crippen molar-refractivity contribution in [2.75, 3.05) is 19.6 Å². The minimum Gasteiger partial charge on any atom is -0.355 e. The van der Waals surface area contributed by atoms with Crippen molar-refractivity contribution >= 4 is 23.6 Å². The summed E-state index contributed by atoms with van der Waals surface area (Å²) in [4.78, 5) is 62.5. The van der Waals surface area contributed by atoms with Gasteiger partial charge in [-0.15, -0.1) is 0 Å². The number of amides is 4. The number of benzene rings is 3. The molecule has 2 atom stereocenters. The monoisotopic (exact) mass is 628 g/mol. The molecule has 10 nitrogen and oxygen atoms in total. The van der Waals surface area contributed by atoms with Crippen LogP contribution in [0.3, 0.4) is 0 Å². The van der Waals surface area contributed by atoms with Crippen LogP contribution in [0.4, 0.5) is 8.78 Å². The molecule has 0 saturated carbocycles. The van der Waals surface area contributed by atoms with Gasteiger partial charge in [-0.1, -0.05) is 36.4 Å². The Bertz CT molecular complexity index is 1740. The number of H-pyrrole nitrogens is 1. The molecule has 0 spiro atoms. The molecule has 0 aliphatic carbocycles. The van der Waals surface area contributed by atoms with Crippen molar-refractivity contribution in [1.29, 1.82) is 0 Å². The summed E-state index contributed by atoms with van der Waals surface area (Å²) in [5.74, 6) is -3.06. The van der Waals surface area contributed by atoms with Gasteiger partial charge in [-0.2, -0.15) is 0 Å². The summed E-state index contributed by atoms with van der Waals surface area (Å²) in [6.45, 7) is 2.97. The number of aromatic nitrogens is 2. The van der Waals surface area contributed by atoms with Crippen LogP contribution in [0.25, 0.3) is 11.4 Å². The van der Waals surface area contributed by atoms with Crippen molar-refractivity contribution in [2.45, 2.75) is 38.8 Å². The fourth-order valence-electron chi connectivity index (χ4n) is 5.21. The molecule has 46 heavy (non-hydrogen) atoms. The molecule has 0 saturated heterocycles. The molecule has 0 radical (unpaired) electrons. The highest BCUT2D eigenvalue weighted by atomic mass is 19.1. The zero-order valence-corrected chi connectivity index (χ0v) is 25.4. The Hall–Kier alpha value is -5.39. The molecule has 4 N–H and O–H groups in total. The number of rotatable bonds is 3. The van der Waals surface area contributed by atoms with Gasteiger partial charge in [-0.25, -0.2) is 13.8 Å². The van der Waals surface area contributed by atoms with Crippen molar-refractivity contribution in [1.82, 2.24) is 30.8 Å². The maximum absolute atomic E-state index is 14.6. The Morgan fingerprint density at radius 1 is 0.957 bits per heavy atom. The van der Waals surface area contributed by atoms with Gasteiger partial charge in [0.05, 0.1) is 18.2 Å². The van der Waals surface area contributed by atoms with Gasteiger partial charge in [0.15, 0.2) is 0 Å². The molecule has 2 heterocycles. The summed E-state index contributed by atoms with van der Waals surface area (Å²) in [7, 11) is 0. The fraction of sp³-hybridized carbons (Fsp3) is 0.265. The molecule has 0 fully saturated rings. The molecule has 3 aromatic carbocycles. The van der Waals surface area contributed by atoms with Crippen LogP contribution < -0.4 is 16.0 Å². The number of carbonyl (C=O) groups excluding carboxylic acids is 4. The normalized spacial score (nSPS) is 18.3. The summed E-state index contributed by atoms with van der Waals surface area (Å²) in [5.41, 5.74) is 2.23. The molecule has 238 valence electrons. The van der Waals surface area contributed by atoms with E-state index < -0.39 is 47.3 Å². The number of fused-ring (bicyclic) bond motifs is 2. The zero-order chi connectivity index (χ0) is 32.8. The second-order valence-corrected chi connectivity index (χ2v) is 11.2. The van der Waals surface area contributed by atoms with Gasteiger partial charge < -0.3 is 25.8 Å². The predicted molar refractivity (Wildman–Crippen MR) is 167 cm³/mol. The lowest BCUT2D eigenvalue weighted by atomic mass is 10.0. The first-order chi connectivity index (χ1) is 22.1. The Morgan fingerprint density at radius 2 is 1.70 bits per heavy atom. The summed E-state index contributed by atoms with van der Waals surface area (Å²) in [6, 6.07) is 16.9. The van der Waals surface area contributed by atoms with Crippen LogP contribution in [0.5, 0.6) is 0 Å². The van der Waals surface area contributed by atoms with Crippen LogP contribution in [0.2, 0.25) is 0 Å². The Labute approximate surface area is 264 Å². The van der Waals surface area contributed by atoms with E-state index in [1.165, 1.54) is 48.2 Å². The summed E-state index contributed by atoms with van der Waals surface area (Å²) in [6.07, 6.45) is 0.948. The van der Waals surface area contributed by atoms with Crippen LogP contribution in [-0.4, -0.2) is 64.2 Å². The summed E-state index contributed by atoms with van der Waals surface area (Å²) in [5, 5.41) is 8.28. The van der Waals surface area contributed by atoms with Crippen molar-refractivity contribution < 1.29 is 28.0 Å². The summed E-state index contributed by atoms with van der Waals surface area (Å²) >= 11 is 0. The largest absolute Gasteiger partial charge is 0.355 e. The van der Waals surface area contributed by atoms with E-state index in [0.717, 1.165) is 0 Å². The van der Waals surface area contributed by atoms with Gasteiger partial charge in [0.2, 0.25) is 11.8 Å². The van der Waals surface area contributed by atoms with E-state index in [1.54, 1.807) is 43.3 Å². The third-order valence-electron chi connectivity index (χ3n) is 7.73. The SMILES string of the molecule is Cc1[nH]c(-c2ccc(F)cc2)nc1C(=O)N1CC(=O)NCCCc2ccc(F)c(c2)C(=O)N[C@H](C)C(=O)N[C@@H](c2ccccc2)C1. The van der Waals surface area contributed by atoms with E-state index in [0.29, 0.717) is 41.1 Å². The van der Waals surface area contributed by atoms with Crippen molar-refractivity contribution in [3.05, 3.63) is 113 Å². The van der Waals surface area contributed by atoms with Gasteiger partial charge in [0.25, 0.3) is 11.8 Å². The molecule has 1 aliphatic rings. The smallest absolute Gasteiger partial charge is 0.274 e. The number of aromatic amines is 1. The van der Waals surface area contributed by atoms with Crippen LogP contribution in [0.1, 0.15) is 57.1 Å². The van der Waals surface area contributed by atoms with Crippen LogP contribution in [-0.2, 0) is 16.0 Å². The Balaban J connectivity index is 1.48. The molecular formula is C34H34F2N6O4. The molecular weight excluding hydrogens is 594 g/mol. The molecule has 4 amide bonds. The number of carbonyl (C=O) groups is 4. The maximum atomic E-state index is 14.6. The zero-order valence-electron chi connectivity index (χ0n) is 25.4. The quantitative estimate of drug-likeness (QED) is 0.273. The van der Waals surface area contributed by atoms with E-state index in [4.69, 9.17) is 0 Å². The number of imidazole rings is 1. The number of hydrogen-bond donors (Lipinski definition) is 4. The van der Waals surface area contributed by atoms with E-state index >= 15 is 0 Å². The highest BCUT2D eigenvalue weighted by molar-refractivity contribution is 5.98. The second kappa shape index (κ2) is 14.1. The Kier molecular flexibility index (Phi) is 9.85. The highest BCUT2D eigenvalue weighted by Gasteiger charge is 2.29. The highest BCUT2D eigenvalue weighted by Crippen LogP contribution is 2.22. The van der Waals surface area contributed by atoms with Crippen LogP contribution in [0, 0.1) is 18.6 Å². The van der Waals surface area contributed by atoms with E-state index in [1.807, 2.05) is 0 Å². The third kappa shape index (κ3) is 7.63. The average Bonchev–Trinajstić information content (AvgIpc) is 3.44. The van der Waals surface area contributed by atoms with Gasteiger partial charge in [-0.3, -0.25) is 19.2 Å². The number of nitrogens with zero attached hydrogens (tertiary/aromatic N) is 2. The Morgan fingerprint density at radius 3 is 2.43 bits per heavy atom. The first-order valence-electron chi connectivity index (χ1n) is 14.9. The fourth-order valence-corrected chi connectivity index (χ4v) is 5.21. The van der Waals surface area contributed by atoms with Gasteiger partial charge in [-0.05, 0) is 74.2 Å². The lowest BCUT2D eigenvalue weighted by Gasteiger charge is -2.29. The van der Waals surface area contributed by atoms with Crippen molar-refractivity contribution in [3.8, 4) is 11.4 Å². The molecule has 0 unspecified atom stereocenters. The summed E-state index contributed by atoms with van der Waals surface area (Å²) < 4.78 is 28.1. The maximum Gasteiger partial charge on any atom is 0.274 e. The van der Waals surface area contributed by atoms with Crippen molar-refractivity contribution in [2.24, 2.45) is 0 Å². The third-order valence-corrected chi connectivity index (χ3v) is 7.73. The standard InChI is InChI=1S/C34H34F2N6O4/c1-20-30(41-31(38-20)24-11-13-25(35)14-12-24)34(46)42-18-28(23-8-4-3-5-9-23)40-32(44)21(2)39-33(45)26-17-22(10-15-27(26)36)7-6-16-37-29(43)19-42/h3-5,8-15,17,21,28H,6-7,16,18-19H2,1-2H3,(H,37,43)(H,38,41)(H,39,45)(H,40,44)/t21-,28-/m1/s1. The number of hydrogen-bond acceptors (Lipinski definition) is 5. The van der Waals surface area contributed by atoms with E-state index in [-0.39, 0.29) is 30.9 Å².